The molecule has 1 aromatic heterocycles. The van der Waals surface area contributed by atoms with Gasteiger partial charge in [0, 0.05) is 17.3 Å². The molecule has 0 aliphatic heterocycles. The summed E-state index contributed by atoms with van der Waals surface area (Å²) in [6.07, 6.45) is 0. The summed E-state index contributed by atoms with van der Waals surface area (Å²) in [5.41, 5.74) is 10.3. The van der Waals surface area contributed by atoms with Gasteiger partial charge in [0.25, 0.3) is 0 Å². The second-order valence-corrected chi connectivity index (χ2v) is 15.0. The molecule has 53 heavy (non-hydrogen) atoms. The molecule has 5 rings (SSSR count). The number of aromatic nitrogens is 2. The molecule has 15 nitrogen and oxygen atoms in total. The number of ether oxygens (including phenoxy) is 2. The maximum Gasteiger partial charge on any atom is 0.240 e. The zero-order valence-electron chi connectivity index (χ0n) is 29.8. The first-order valence-corrected chi connectivity index (χ1v) is 19.0. The standard InChI is InChI=1S/C36H39N9O6S2/c1-23(25-12-17-29(18-13-25)52(46,47)37-3)42-44-34-33(31-21-16-28(50-5)22-32(31)51-6)35(41-36(40-34)39-27-10-8-7-9-11-27)45-43-24(2)26-14-19-30(20-15-26)53(48,49)38-4/h7-22,37-38H,1-6H3,(H3,39,40,41,44,45). The van der Waals surface area contributed by atoms with Crippen molar-refractivity contribution >= 4 is 54.7 Å². The molecule has 4 aromatic carbocycles. The van der Waals surface area contributed by atoms with Crippen LogP contribution in [0.5, 0.6) is 11.5 Å². The lowest BCUT2D eigenvalue weighted by atomic mass is 10.1. The minimum absolute atomic E-state index is 0.122. The molecule has 0 spiro atoms. The second-order valence-electron chi connectivity index (χ2n) is 11.3. The van der Waals surface area contributed by atoms with Gasteiger partial charge in [-0.15, -0.1) is 0 Å². The van der Waals surface area contributed by atoms with Gasteiger partial charge in [0.05, 0.1) is 41.0 Å². The van der Waals surface area contributed by atoms with E-state index < -0.39 is 20.0 Å². The Bertz CT molecular complexity index is 2240. The lowest BCUT2D eigenvalue weighted by molar-refractivity contribution is 0.395. The average molecular weight is 758 g/mol. The maximum absolute atomic E-state index is 12.3. The predicted molar refractivity (Wildman–Crippen MR) is 207 cm³/mol. The third-order valence-electron chi connectivity index (χ3n) is 7.98. The molecule has 0 radical (unpaired) electrons. The van der Waals surface area contributed by atoms with E-state index in [2.05, 4.69) is 35.8 Å². The number of para-hydroxylation sites is 1. The molecule has 0 bridgehead atoms. The van der Waals surface area contributed by atoms with Gasteiger partial charge in [0.15, 0.2) is 11.6 Å². The predicted octanol–water partition coefficient (Wildman–Crippen LogP) is 5.39. The SMILES string of the molecule is CNS(=O)(=O)c1ccc(C(C)=NNc2nc(Nc3ccccc3)nc(NN=C(C)c3ccc(S(=O)(=O)NC)cc3)c2-c2ccc(OC)cc2OC)cc1. The van der Waals surface area contributed by atoms with Crippen LogP contribution in [0, 0.1) is 0 Å². The van der Waals surface area contributed by atoms with E-state index in [0.717, 1.165) is 5.69 Å². The van der Waals surface area contributed by atoms with E-state index in [1.165, 1.54) is 45.5 Å². The molecule has 17 heteroatoms. The van der Waals surface area contributed by atoms with Crippen LogP contribution in [0.15, 0.2) is 117 Å². The van der Waals surface area contributed by atoms with E-state index in [-0.39, 0.29) is 27.4 Å². The summed E-state index contributed by atoms with van der Waals surface area (Å²) >= 11 is 0. The van der Waals surface area contributed by atoms with Crippen LogP contribution in [0.2, 0.25) is 0 Å². The molecule has 0 amide bonds. The molecule has 0 unspecified atom stereocenters. The molecule has 0 atom stereocenters. The summed E-state index contributed by atoms with van der Waals surface area (Å²) in [4.78, 5) is 9.86. The quantitative estimate of drug-likeness (QED) is 0.0678. The van der Waals surface area contributed by atoms with Crippen LogP contribution in [0.1, 0.15) is 25.0 Å². The Morgan fingerprint density at radius 3 is 1.57 bits per heavy atom. The third kappa shape index (κ3) is 9.14. The summed E-state index contributed by atoms with van der Waals surface area (Å²) in [5.74, 6) is 1.77. The first-order valence-electron chi connectivity index (χ1n) is 16.0. The number of sulfonamides is 2. The van der Waals surface area contributed by atoms with Crippen LogP contribution in [0.4, 0.5) is 23.3 Å². The lowest BCUT2D eigenvalue weighted by Crippen LogP contribution is -2.18. The fourth-order valence-electron chi connectivity index (χ4n) is 4.98. The van der Waals surface area contributed by atoms with Gasteiger partial charge in [-0.25, -0.2) is 26.3 Å². The summed E-state index contributed by atoms with van der Waals surface area (Å²) in [5, 5.41) is 12.5. The number of benzene rings is 4. The molecule has 276 valence electrons. The zero-order valence-corrected chi connectivity index (χ0v) is 31.4. The first-order chi connectivity index (χ1) is 25.4. The number of methoxy groups -OCH3 is 2. The summed E-state index contributed by atoms with van der Waals surface area (Å²) in [6, 6.07) is 27.3. The summed E-state index contributed by atoms with van der Waals surface area (Å²) in [7, 11) is -1.43. The number of anilines is 4. The zero-order chi connectivity index (χ0) is 38.2. The number of hydrazone groups is 2. The number of hydrogen-bond acceptors (Lipinski definition) is 13. The van der Waals surface area contributed by atoms with Crippen LogP contribution < -0.4 is 35.1 Å². The first kappa shape index (κ1) is 38.4. The molecule has 1 heterocycles. The van der Waals surface area contributed by atoms with Gasteiger partial charge in [-0.05, 0) is 87.6 Å². The van der Waals surface area contributed by atoms with Gasteiger partial charge < -0.3 is 14.8 Å². The van der Waals surface area contributed by atoms with Crippen molar-refractivity contribution in [1.82, 2.24) is 19.4 Å². The van der Waals surface area contributed by atoms with Crippen LogP contribution >= 0.6 is 0 Å². The van der Waals surface area contributed by atoms with Gasteiger partial charge >= 0.3 is 0 Å². The normalized spacial score (nSPS) is 12.3. The van der Waals surface area contributed by atoms with E-state index in [9.17, 15) is 16.8 Å². The van der Waals surface area contributed by atoms with Gasteiger partial charge in [-0.3, -0.25) is 10.9 Å². The Morgan fingerprint density at radius 1 is 0.642 bits per heavy atom. The molecule has 0 aliphatic rings. The molecular formula is C36H39N9O6S2. The van der Waals surface area contributed by atoms with Gasteiger partial charge in [0.1, 0.15) is 11.5 Å². The van der Waals surface area contributed by atoms with Crippen molar-refractivity contribution in [3.63, 3.8) is 0 Å². The maximum atomic E-state index is 12.3. The Hall–Kier alpha value is -5.88. The average Bonchev–Trinajstić information content (AvgIpc) is 3.19. The fraction of sp³-hybridized carbons (Fsp3) is 0.167. The van der Waals surface area contributed by atoms with Crippen molar-refractivity contribution < 1.29 is 26.3 Å². The van der Waals surface area contributed by atoms with Crippen molar-refractivity contribution in [2.45, 2.75) is 23.6 Å². The molecule has 0 fully saturated rings. The second kappa shape index (κ2) is 16.6. The van der Waals surface area contributed by atoms with Gasteiger partial charge in [-0.2, -0.15) is 20.2 Å². The van der Waals surface area contributed by atoms with E-state index >= 15 is 0 Å². The van der Waals surface area contributed by atoms with E-state index in [4.69, 9.17) is 19.4 Å². The Morgan fingerprint density at radius 2 is 1.13 bits per heavy atom. The van der Waals surface area contributed by atoms with Crippen molar-refractivity contribution in [3.8, 4) is 22.6 Å². The minimum atomic E-state index is -3.61. The van der Waals surface area contributed by atoms with Gasteiger partial charge in [-0.1, -0.05) is 42.5 Å². The number of nitrogens with zero attached hydrogens (tertiary/aromatic N) is 4. The molecule has 0 aliphatic carbocycles. The van der Waals surface area contributed by atoms with Crippen LogP contribution in [0.25, 0.3) is 11.1 Å². The van der Waals surface area contributed by atoms with Gasteiger partial charge in [0.2, 0.25) is 26.0 Å². The number of nitrogens with one attached hydrogen (secondary N) is 5. The molecule has 5 N–H and O–H groups in total. The van der Waals surface area contributed by atoms with Crippen molar-refractivity contribution in [2.24, 2.45) is 10.2 Å². The topological polar surface area (TPSA) is 197 Å². The third-order valence-corrected chi connectivity index (χ3v) is 10.8. The van der Waals surface area contributed by atoms with E-state index in [1.807, 2.05) is 30.3 Å². The molecule has 0 saturated carbocycles. The highest BCUT2D eigenvalue weighted by Crippen LogP contribution is 2.41. The number of hydrogen-bond donors (Lipinski definition) is 5. The Labute approximate surface area is 308 Å². The Balaban J connectivity index is 1.63. The highest BCUT2D eigenvalue weighted by molar-refractivity contribution is 7.89. The lowest BCUT2D eigenvalue weighted by Gasteiger charge is -2.18. The largest absolute Gasteiger partial charge is 0.497 e. The smallest absolute Gasteiger partial charge is 0.240 e. The monoisotopic (exact) mass is 757 g/mol. The van der Waals surface area contributed by atoms with Crippen LogP contribution in [-0.2, 0) is 20.0 Å². The van der Waals surface area contributed by atoms with E-state index in [0.29, 0.717) is 45.2 Å². The fourth-order valence-corrected chi connectivity index (χ4v) is 6.44. The van der Waals surface area contributed by atoms with Crippen molar-refractivity contribution in [1.29, 1.82) is 0 Å². The Kier molecular flexibility index (Phi) is 12.0. The highest BCUT2D eigenvalue weighted by Gasteiger charge is 2.22. The van der Waals surface area contributed by atoms with E-state index in [1.54, 1.807) is 63.4 Å². The molecule has 0 saturated heterocycles. The highest BCUT2D eigenvalue weighted by atomic mass is 32.2. The number of rotatable bonds is 15. The van der Waals surface area contributed by atoms with Crippen molar-refractivity contribution in [3.05, 3.63) is 108 Å². The molecular weight excluding hydrogens is 719 g/mol. The molecule has 5 aromatic rings. The summed E-state index contributed by atoms with van der Waals surface area (Å²) in [6.45, 7) is 3.54. The summed E-state index contributed by atoms with van der Waals surface area (Å²) < 4.78 is 64.9. The van der Waals surface area contributed by atoms with Crippen LogP contribution in [-0.4, -0.2) is 66.5 Å². The van der Waals surface area contributed by atoms with Crippen molar-refractivity contribution in [2.75, 3.05) is 44.5 Å². The minimum Gasteiger partial charge on any atom is -0.497 e. The van der Waals surface area contributed by atoms with Crippen LogP contribution in [0.3, 0.4) is 0 Å².